The molecule has 0 aromatic heterocycles. The van der Waals surface area contributed by atoms with E-state index in [1.807, 2.05) is 36.4 Å². The summed E-state index contributed by atoms with van der Waals surface area (Å²) in [5.74, 6) is 1.33. The number of aryl methyl sites for hydroxylation is 1. The van der Waals surface area contributed by atoms with Gasteiger partial charge in [-0.25, -0.2) is 0 Å². The van der Waals surface area contributed by atoms with Gasteiger partial charge in [0.1, 0.15) is 30.8 Å². The van der Waals surface area contributed by atoms with Crippen LogP contribution in [0, 0.1) is 13.8 Å². The lowest BCUT2D eigenvalue weighted by Crippen LogP contribution is -2.33. The molecule has 0 amide bonds. The van der Waals surface area contributed by atoms with Gasteiger partial charge in [-0.3, -0.25) is 10.1 Å². The second-order valence-corrected chi connectivity index (χ2v) is 8.50. The molecule has 0 saturated carbocycles. The molecule has 1 aliphatic rings. The number of benzene rings is 3. The van der Waals surface area contributed by atoms with Crippen molar-refractivity contribution in [3.63, 3.8) is 0 Å². The highest BCUT2D eigenvalue weighted by atomic mass is 32.2. The van der Waals surface area contributed by atoms with E-state index in [4.69, 9.17) is 9.47 Å². The minimum atomic E-state index is -0.824. The summed E-state index contributed by atoms with van der Waals surface area (Å²) >= 11 is 1.60. The van der Waals surface area contributed by atoms with Gasteiger partial charge in [-0.2, -0.15) is 0 Å². The molecule has 3 aromatic carbocycles. The molecule has 0 aliphatic carbocycles. The Hall–Kier alpha value is -2.70. The second kappa shape index (κ2) is 8.98. The molecular formula is C24H25NO4S. The third kappa shape index (κ3) is 4.25. The molecule has 3 aromatic rings. The first-order chi connectivity index (χ1) is 14.5. The Kier molecular flexibility index (Phi) is 6.16. The van der Waals surface area contributed by atoms with E-state index >= 15 is 0 Å². The fraction of sp³-hybridized carbons (Fsp3) is 0.292. The van der Waals surface area contributed by atoms with Crippen LogP contribution in [0.4, 0.5) is 0 Å². The molecule has 5 nitrogen and oxygen atoms in total. The molecule has 0 spiro atoms. The van der Waals surface area contributed by atoms with Crippen LogP contribution >= 0.6 is 11.8 Å². The first-order valence-electron chi connectivity index (χ1n) is 9.98. The van der Waals surface area contributed by atoms with Crippen LogP contribution in [0.15, 0.2) is 54.6 Å². The fourth-order valence-corrected chi connectivity index (χ4v) is 4.93. The van der Waals surface area contributed by atoms with Gasteiger partial charge < -0.3 is 14.6 Å². The maximum Gasteiger partial charge on any atom is 0.321 e. The summed E-state index contributed by atoms with van der Waals surface area (Å²) in [6.07, 6.45) is 0. The largest absolute Gasteiger partial charge is 0.490 e. The third-order valence-electron chi connectivity index (χ3n) is 5.43. The van der Waals surface area contributed by atoms with Crippen molar-refractivity contribution in [2.24, 2.45) is 0 Å². The minimum absolute atomic E-state index is 0.132. The van der Waals surface area contributed by atoms with Crippen molar-refractivity contribution in [1.29, 1.82) is 0 Å². The molecule has 0 radical (unpaired) electrons. The zero-order valence-corrected chi connectivity index (χ0v) is 17.9. The summed E-state index contributed by atoms with van der Waals surface area (Å²) in [7, 11) is 0. The van der Waals surface area contributed by atoms with Gasteiger partial charge in [0, 0.05) is 11.3 Å². The highest BCUT2D eigenvalue weighted by Gasteiger charge is 2.33. The zero-order chi connectivity index (χ0) is 21.1. The van der Waals surface area contributed by atoms with Gasteiger partial charge in [0.25, 0.3) is 0 Å². The van der Waals surface area contributed by atoms with E-state index < -0.39 is 12.0 Å². The van der Waals surface area contributed by atoms with Crippen LogP contribution in [0.1, 0.15) is 22.1 Å². The topological polar surface area (TPSA) is 67.8 Å². The summed E-state index contributed by atoms with van der Waals surface area (Å²) in [6.45, 7) is 4.95. The molecule has 0 bridgehead atoms. The van der Waals surface area contributed by atoms with Gasteiger partial charge in [0.05, 0.1) is 5.37 Å². The molecule has 1 saturated heterocycles. The van der Waals surface area contributed by atoms with Crippen molar-refractivity contribution in [3.8, 4) is 11.5 Å². The highest BCUT2D eigenvalue weighted by molar-refractivity contribution is 7.99. The van der Waals surface area contributed by atoms with Crippen LogP contribution in [0.25, 0.3) is 10.8 Å². The lowest BCUT2D eigenvalue weighted by molar-refractivity contribution is -0.138. The van der Waals surface area contributed by atoms with Gasteiger partial charge in [-0.1, -0.05) is 42.5 Å². The Labute approximate surface area is 180 Å². The molecule has 1 aliphatic heterocycles. The molecule has 2 N–H and O–H groups in total. The third-order valence-corrected chi connectivity index (χ3v) is 6.66. The number of ether oxygens (including phenoxy) is 2. The normalized spacial score (nSPS) is 18.5. The molecule has 156 valence electrons. The predicted molar refractivity (Wildman–Crippen MR) is 121 cm³/mol. The van der Waals surface area contributed by atoms with E-state index in [2.05, 4.69) is 37.4 Å². The lowest BCUT2D eigenvalue weighted by atomic mass is 10.0. The average molecular weight is 424 g/mol. The Bertz CT molecular complexity index is 1070. The van der Waals surface area contributed by atoms with Crippen LogP contribution in [0.2, 0.25) is 0 Å². The molecule has 2 unspecified atom stereocenters. The van der Waals surface area contributed by atoms with Gasteiger partial charge in [0.15, 0.2) is 0 Å². The van der Waals surface area contributed by atoms with Crippen molar-refractivity contribution in [3.05, 3.63) is 71.3 Å². The van der Waals surface area contributed by atoms with E-state index in [-0.39, 0.29) is 5.37 Å². The van der Waals surface area contributed by atoms with E-state index in [1.54, 1.807) is 11.8 Å². The van der Waals surface area contributed by atoms with Gasteiger partial charge in [-0.15, -0.1) is 11.8 Å². The number of aliphatic carboxylic acids is 1. The van der Waals surface area contributed by atoms with Crippen LogP contribution < -0.4 is 14.8 Å². The number of carboxylic acid groups (broad SMARTS) is 1. The first-order valence-corrected chi connectivity index (χ1v) is 11.0. The summed E-state index contributed by atoms with van der Waals surface area (Å²) in [6, 6.07) is 17.6. The lowest BCUT2D eigenvalue weighted by Gasteiger charge is -2.19. The molecule has 1 fully saturated rings. The smallest absolute Gasteiger partial charge is 0.321 e. The maximum atomic E-state index is 11.4. The Morgan fingerprint density at radius 2 is 1.80 bits per heavy atom. The molecule has 30 heavy (non-hydrogen) atoms. The Morgan fingerprint density at radius 1 is 1.03 bits per heavy atom. The minimum Gasteiger partial charge on any atom is -0.490 e. The van der Waals surface area contributed by atoms with Crippen LogP contribution in [-0.2, 0) is 4.79 Å². The highest BCUT2D eigenvalue weighted by Crippen LogP contribution is 2.41. The van der Waals surface area contributed by atoms with Crippen LogP contribution in [0.3, 0.4) is 0 Å². The van der Waals surface area contributed by atoms with Crippen LogP contribution in [0.5, 0.6) is 11.5 Å². The van der Waals surface area contributed by atoms with Gasteiger partial charge in [-0.05, 0) is 47.9 Å². The van der Waals surface area contributed by atoms with Crippen molar-refractivity contribution in [2.45, 2.75) is 25.3 Å². The number of hydrogen-bond donors (Lipinski definition) is 2. The van der Waals surface area contributed by atoms with Crippen molar-refractivity contribution in [1.82, 2.24) is 5.32 Å². The number of carboxylic acids is 1. The SMILES string of the molecule is Cc1cccc(OCCOc2ccc3ccccc3c2C2NC(C(=O)O)CS2)c1C. The average Bonchev–Trinajstić information content (AvgIpc) is 3.24. The van der Waals surface area contributed by atoms with Gasteiger partial charge in [0.2, 0.25) is 0 Å². The molecule has 6 heteroatoms. The van der Waals surface area contributed by atoms with E-state index in [0.29, 0.717) is 19.0 Å². The summed E-state index contributed by atoms with van der Waals surface area (Å²) in [4.78, 5) is 11.4. The van der Waals surface area contributed by atoms with E-state index in [0.717, 1.165) is 33.4 Å². The number of carbonyl (C=O) groups is 1. The molecule has 2 atom stereocenters. The Balaban J connectivity index is 1.52. The van der Waals surface area contributed by atoms with Crippen LogP contribution in [-0.4, -0.2) is 36.1 Å². The molecular weight excluding hydrogens is 398 g/mol. The summed E-state index contributed by atoms with van der Waals surface area (Å²) < 4.78 is 12.0. The predicted octanol–water partition coefficient (Wildman–Crippen LogP) is 4.70. The summed E-state index contributed by atoms with van der Waals surface area (Å²) in [5, 5.41) is 14.6. The first kappa shape index (κ1) is 20.6. The summed E-state index contributed by atoms with van der Waals surface area (Å²) in [5.41, 5.74) is 3.33. The monoisotopic (exact) mass is 423 g/mol. The Morgan fingerprint density at radius 3 is 2.57 bits per heavy atom. The van der Waals surface area contributed by atoms with Crippen molar-refractivity contribution >= 4 is 28.5 Å². The number of rotatable bonds is 7. The standard InChI is InChI=1S/C24H25NO4S/c1-15-6-5-9-20(16(15)2)28-12-13-29-21-11-10-17-7-3-4-8-18(17)22(21)23-25-19(14-30-23)24(26)27/h3-11,19,23,25H,12-14H2,1-2H3,(H,26,27). The van der Waals surface area contributed by atoms with Crippen molar-refractivity contribution < 1.29 is 19.4 Å². The number of nitrogens with one attached hydrogen (secondary N) is 1. The van der Waals surface area contributed by atoms with E-state index in [1.165, 1.54) is 5.56 Å². The number of hydrogen-bond acceptors (Lipinski definition) is 5. The van der Waals surface area contributed by atoms with E-state index in [9.17, 15) is 9.90 Å². The molecule has 1 heterocycles. The second-order valence-electron chi connectivity index (χ2n) is 7.36. The van der Waals surface area contributed by atoms with Gasteiger partial charge >= 0.3 is 5.97 Å². The quantitative estimate of drug-likeness (QED) is 0.537. The fourth-order valence-electron chi connectivity index (χ4n) is 3.64. The molecule has 4 rings (SSSR count). The zero-order valence-electron chi connectivity index (χ0n) is 17.1. The van der Waals surface area contributed by atoms with Crippen molar-refractivity contribution in [2.75, 3.05) is 19.0 Å². The maximum absolute atomic E-state index is 11.4. The number of fused-ring (bicyclic) bond motifs is 1. The number of thioether (sulfide) groups is 1.